The average molecular weight is 290 g/mol. The van der Waals surface area contributed by atoms with E-state index in [0.29, 0.717) is 0 Å². The summed E-state index contributed by atoms with van der Waals surface area (Å²) in [4.78, 5) is 0. The van der Waals surface area contributed by atoms with Crippen LogP contribution in [0, 0.1) is 0 Å². The highest BCUT2D eigenvalue weighted by molar-refractivity contribution is 5.07. The zero-order chi connectivity index (χ0) is 16.1. The quantitative estimate of drug-likeness (QED) is 0.480. The van der Waals surface area contributed by atoms with Crippen LogP contribution in [0.1, 0.15) is 73.1 Å². The van der Waals surface area contributed by atoms with E-state index in [0.717, 1.165) is 32.1 Å². The molecular formula is C20H34O. The van der Waals surface area contributed by atoms with E-state index in [9.17, 15) is 0 Å². The Hall–Kier alpha value is -1.08. The monoisotopic (exact) mass is 290 g/mol. The summed E-state index contributed by atoms with van der Waals surface area (Å²) in [6, 6.07) is 0. The fourth-order valence-corrected chi connectivity index (χ4v) is 2.14. The molecule has 0 aromatic rings. The molecule has 0 aromatic carbocycles. The van der Waals surface area contributed by atoms with Crippen molar-refractivity contribution in [2.24, 2.45) is 0 Å². The van der Waals surface area contributed by atoms with Crippen LogP contribution in [-0.4, -0.2) is 11.7 Å². The van der Waals surface area contributed by atoms with Crippen LogP contribution in [0.25, 0.3) is 0 Å². The van der Waals surface area contributed by atoms with Crippen molar-refractivity contribution in [3.8, 4) is 0 Å². The fraction of sp³-hybridized carbons (Fsp3) is 0.600. The van der Waals surface area contributed by atoms with E-state index in [1.54, 1.807) is 0 Å². The second-order valence-electron chi connectivity index (χ2n) is 6.23. The lowest BCUT2D eigenvalue weighted by atomic mass is 10.0. The van der Waals surface area contributed by atoms with Gasteiger partial charge in [0.05, 0.1) is 6.61 Å². The normalized spacial score (nSPS) is 13.5. The van der Waals surface area contributed by atoms with Gasteiger partial charge in [0.25, 0.3) is 0 Å². The van der Waals surface area contributed by atoms with Gasteiger partial charge < -0.3 is 5.11 Å². The molecule has 1 heteroatoms. The number of aliphatic hydroxyl groups is 1. The van der Waals surface area contributed by atoms with Gasteiger partial charge in [0.15, 0.2) is 0 Å². The van der Waals surface area contributed by atoms with E-state index in [4.69, 9.17) is 5.11 Å². The van der Waals surface area contributed by atoms with E-state index >= 15 is 0 Å². The fourth-order valence-electron chi connectivity index (χ4n) is 2.14. The molecule has 1 N–H and O–H groups in total. The molecule has 0 radical (unpaired) electrons. The van der Waals surface area contributed by atoms with Crippen LogP contribution in [0.15, 0.2) is 46.6 Å². The zero-order valence-electron chi connectivity index (χ0n) is 14.7. The Morgan fingerprint density at radius 1 is 0.619 bits per heavy atom. The molecule has 0 bridgehead atoms. The van der Waals surface area contributed by atoms with Gasteiger partial charge in [0, 0.05) is 0 Å². The number of hydrogen-bond donors (Lipinski definition) is 1. The van der Waals surface area contributed by atoms with E-state index in [1.807, 2.05) is 6.08 Å². The van der Waals surface area contributed by atoms with Crippen LogP contribution in [-0.2, 0) is 0 Å². The number of rotatable bonds is 10. The standard InChI is InChI=1S/C20H34O/c1-17(2)9-6-10-18(3)11-7-12-19(4)13-8-14-20(5)15-16-21/h9,11,13,15,21H,6-8,10,12,14,16H2,1-5H3/b18-11?,19-13+,20-15?. The van der Waals surface area contributed by atoms with Gasteiger partial charge in [0.2, 0.25) is 0 Å². The summed E-state index contributed by atoms with van der Waals surface area (Å²) in [6.45, 7) is 11.0. The van der Waals surface area contributed by atoms with E-state index < -0.39 is 0 Å². The Kier molecular flexibility index (Phi) is 12.0. The third-order valence-corrected chi connectivity index (χ3v) is 3.59. The highest BCUT2D eigenvalue weighted by Crippen LogP contribution is 2.13. The van der Waals surface area contributed by atoms with Crippen molar-refractivity contribution in [3.05, 3.63) is 46.6 Å². The maximum Gasteiger partial charge on any atom is 0.0614 e. The van der Waals surface area contributed by atoms with E-state index in [2.05, 4.69) is 52.8 Å². The van der Waals surface area contributed by atoms with Crippen LogP contribution in [0.3, 0.4) is 0 Å². The molecule has 1 nitrogen and oxygen atoms in total. The van der Waals surface area contributed by atoms with Crippen LogP contribution in [0.5, 0.6) is 0 Å². The minimum absolute atomic E-state index is 0.158. The van der Waals surface area contributed by atoms with Crippen molar-refractivity contribution >= 4 is 0 Å². The summed E-state index contributed by atoms with van der Waals surface area (Å²) >= 11 is 0. The van der Waals surface area contributed by atoms with Gasteiger partial charge in [-0.15, -0.1) is 0 Å². The van der Waals surface area contributed by atoms with Crippen LogP contribution in [0.2, 0.25) is 0 Å². The summed E-state index contributed by atoms with van der Waals surface area (Å²) in [5.74, 6) is 0. The Labute approximate surface area is 132 Å². The predicted octanol–water partition coefficient (Wildman–Crippen LogP) is 6.12. The molecule has 21 heavy (non-hydrogen) atoms. The van der Waals surface area contributed by atoms with E-state index in [-0.39, 0.29) is 6.61 Å². The lowest BCUT2D eigenvalue weighted by molar-refractivity contribution is 0.341. The molecule has 0 unspecified atom stereocenters. The van der Waals surface area contributed by atoms with Crippen molar-refractivity contribution in [1.29, 1.82) is 0 Å². The van der Waals surface area contributed by atoms with Crippen molar-refractivity contribution in [1.82, 2.24) is 0 Å². The van der Waals surface area contributed by atoms with Crippen LogP contribution >= 0.6 is 0 Å². The molecule has 0 saturated heterocycles. The summed E-state index contributed by atoms with van der Waals surface area (Å²) < 4.78 is 0. The Bertz CT molecular complexity index is 390. The minimum atomic E-state index is 0.158. The maximum atomic E-state index is 8.80. The molecule has 0 aliphatic heterocycles. The molecule has 0 heterocycles. The van der Waals surface area contributed by atoms with Gasteiger partial charge >= 0.3 is 0 Å². The van der Waals surface area contributed by atoms with Crippen LogP contribution in [0.4, 0.5) is 0 Å². The SMILES string of the molecule is CC(C)=CCCC(C)=CCC/C(C)=C/CCC(C)=CCO. The highest BCUT2D eigenvalue weighted by Gasteiger charge is 1.93. The van der Waals surface area contributed by atoms with Crippen molar-refractivity contribution < 1.29 is 5.11 Å². The van der Waals surface area contributed by atoms with Gasteiger partial charge in [0.1, 0.15) is 0 Å². The third kappa shape index (κ3) is 13.7. The van der Waals surface area contributed by atoms with Gasteiger partial charge in [-0.2, -0.15) is 0 Å². The first kappa shape index (κ1) is 19.9. The largest absolute Gasteiger partial charge is 0.392 e. The van der Waals surface area contributed by atoms with Gasteiger partial charge in [-0.25, -0.2) is 0 Å². The number of hydrogen-bond acceptors (Lipinski definition) is 1. The molecule has 0 aliphatic carbocycles. The van der Waals surface area contributed by atoms with Gasteiger partial charge in [-0.05, 0) is 73.1 Å². The molecule has 0 spiro atoms. The molecule has 0 aromatic heterocycles. The molecule has 0 aliphatic rings. The summed E-state index contributed by atoms with van der Waals surface area (Å²) in [6.07, 6.45) is 15.7. The first-order chi connectivity index (χ1) is 9.95. The maximum absolute atomic E-state index is 8.80. The third-order valence-electron chi connectivity index (χ3n) is 3.59. The lowest BCUT2D eigenvalue weighted by Gasteiger charge is -2.02. The van der Waals surface area contributed by atoms with Crippen molar-refractivity contribution in [2.45, 2.75) is 73.1 Å². The first-order valence-electron chi connectivity index (χ1n) is 8.16. The smallest absolute Gasteiger partial charge is 0.0614 e. The van der Waals surface area contributed by atoms with Gasteiger partial charge in [-0.1, -0.05) is 46.6 Å². The number of aliphatic hydroxyl groups excluding tert-OH is 1. The second-order valence-corrected chi connectivity index (χ2v) is 6.23. The second kappa shape index (κ2) is 12.6. The topological polar surface area (TPSA) is 20.2 Å². The average Bonchev–Trinajstić information content (AvgIpc) is 2.38. The summed E-state index contributed by atoms with van der Waals surface area (Å²) in [5, 5.41) is 8.80. The van der Waals surface area contributed by atoms with Gasteiger partial charge in [-0.3, -0.25) is 0 Å². The first-order valence-corrected chi connectivity index (χ1v) is 8.16. The van der Waals surface area contributed by atoms with E-state index in [1.165, 1.54) is 28.7 Å². The Morgan fingerprint density at radius 2 is 1.00 bits per heavy atom. The van der Waals surface area contributed by atoms with Crippen LogP contribution < -0.4 is 0 Å². The Balaban J connectivity index is 3.93. The molecule has 0 atom stereocenters. The molecule has 0 amide bonds. The minimum Gasteiger partial charge on any atom is -0.392 e. The molecule has 120 valence electrons. The zero-order valence-corrected chi connectivity index (χ0v) is 14.7. The number of allylic oxidation sites excluding steroid dienone is 7. The summed E-state index contributed by atoms with van der Waals surface area (Å²) in [7, 11) is 0. The highest BCUT2D eigenvalue weighted by atomic mass is 16.2. The summed E-state index contributed by atoms with van der Waals surface area (Å²) in [5.41, 5.74) is 5.66. The van der Waals surface area contributed by atoms with Crippen molar-refractivity contribution in [3.63, 3.8) is 0 Å². The molecule has 0 saturated carbocycles. The predicted molar refractivity (Wildman–Crippen MR) is 95.5 cm³/mol. The lowest BCUT2D eigenvalue weighted by Crippen LogP contribution is -1.83. The molecule has 0 fully saturated rings. The molecule has 0 rings (SSSR count). The Morgan fingerprint density at radius 3 is 1.38 bits per heavy atom. The van der Waals surface area contributed by atoms with Crippen molar-refractivity contribution in [2.75, 3.05) is 6.61 Å². The molecular weight excluding hydrogens is 256 g/mol.